The number of halogens is 1. The van der Waals surface area contributed by atoms with Gasteiger partial charge in [-0.1, -0.05) is 29.8 Å². The lowest BCUT2D eigenvalue weighted by molar-refractivity contribution is 0.0606. The van der Waals surface area contributed by atoms with Gasteiger partial charge in [0.05, 0.1) is 12.1 Å². The normalized spacial score (nSPS) is 10.8. The fraction of sp³-hybridized carbons (Fsp3) is 0.136. The van der Waals surface area contributed by atoms with E-state index >= 15 is 0 Å². The van der Waals surface area contributed by atoms with E-state index in [1.54, 1.807) is 35.1 Å². The number of nitrogens with zero attached hydrogens (tertiary/aromatic N) is 2. The second kappa shape index (κ2) is 8.79. The molecule has 0 aliphatic heterocycles. The van der Waals surface area contributed by atoms with Crippen LogP contribution in [-0.2, 0) is 11.5 Å². The molecule has 4 aromatic rings. The Kier molecular flexibility index (Phi) is 5.92. The highest BCUT2D eigenvalue weighted by molar-refractivity contribution is 7.21. The number of amides is 1. The van der Waals surface area contributed by atoms with E-state index in [1.165, 1.54) is 18.4 Å². The summed E-state index contributed by atoms with van der Waals surface area (Å²) in [7, 11) is 1.31. The summed E-state index contributed by atoms with van der Waals surface area (Å²) in [5, 5.41) is 8.15. The van der Waals surface area contributed by atoms with Gasteiger partial charge >= 0.3 is 5.97 Å². The van der Waals surface area contributed by atoms with Gasteiger partial charge in [-0.3, -0.25) is 4.79 Å². The number of hydrogen-bond donors (Lipinski definition) is 1. The number of ether oxygens (including phenoxy) is 2. The van der Waals surface area contributed by atoms with Crippen molar-refractivity contribution in [2.24, 2.45) is 0 Å². The van der Waals surface area contributed by atoms with Crippen LogP contribution in [0.15, 0.2) is 54.7 Å². The molecule has 0 unspecified atom stereocenters. The van der Waals surface area contributed by atoms with Crippen LogP contribution in [0, 0.1) is 6.92 Å². The van der Waals surface area contributed by atoms with E-state index < -0.39 is 5.97 Å². The lowest BCUT2D eigenvalue weighted by atomic mass is 10.2. The third kappa shape index (κ3) is 4.40. The summed E-state index contributed by atoms with van der Waals surface area (Å²) in [5.74, 6) is -0.0849. The molecule has 1 N–H and O–H groups in total. The van der Waals surface area contributed by atoms with Gasteiger partial charge in [-0.15, -0.1) is 11.3 Å². The van der Waals surface area contributed by atoms with E-state index in [0.29, 0.717) is 15.6 Å². The Morgan fingerprint density at radius 2 is 2.00 bits per heavy atom. The van der Waals surface area contributed by atoms with E-state index in [1.807, 2.05) is 31.2 Å². The smallest absolute Gasteiger partial charge is 0.349 e. The van der Waals surface area contributed by atoms with Gasteiger partial charge in [-0.05, 0) is 42.8 Å². The maximum Gasteiger partial charge on any atom is 0.349 e. The Bertz CT molecular complexity index is 1280. The Morgan fingerprint density at radius 1 is 1.19 bits per heavy atom. The van der Waals surface area contributed by atoms with Crippen LogP contribution in [0.2, 0.25) is 5.02 Å². The quantitative estimate of drug-likeness (QED) is 0.407. The molecule has 0 spiro atoms. The zero-order valence-electron chi connectivity index (χ0n) is 16.7. The minimum atomic E-state index is -0.491. The zero-order valence-corrected chi connectivity index (χ0v) is 18.3. The number of aromatic nitrogens is 2. The second-order valence-corrected chi connectivity index (χ2v) is 8.11. The van der Waals surface area contributed by atoms with Crippen molar-refractivity contribution in [3.63, 3.8) is 0 Å². The molecule has 2 aromatic heterocycles. The molecule has 7 nitrogen and oxygen atoms in total. The molecule has 0 aliphatic carbocycles. The molecule has 9 heteroatoms. The summed E-state index contributed by atoms with van der Waals surface area (Å²) < 4.78 is 12.8. The molecule has 0 atom stereocenters. The lowest BCUT2D eigenvalue weighted by Crippen LogP contribution is -2.14. The SMILES string of the molecule is COC(=O)c1sc2cc(NC(=O)c3ccn(COc4ccccc4C)n3)ccc2c1Cl. The predicted molar refractivity (Wildman–Crippen MR) is 120 cm³/mol. The minimum Gasteiger partial charge on any atom is -0.471 e. The van der Waals surface area contributed by atoms with Crippen molar-refractivity contribution < 1.29 is 19.1 Å². The van der Waals surface area contributed by atoms with Crippen molar-refractivity contribution in [2.75, 3.05) is 12.4 Å². The fourth-order valence-corrected chi connectivity index (χ4v) is 4.44. The summed E-state index contributed by atoms with van der Waals surface area (Å²) in [6.07, 6.45) is 1.68. The average molecular weight is 456 g/mol. The van der Waals surface area contributed by atoms with E-state index in [4.69, 9.17) is 21.1 Å². The standard InChI is InChI=1S/C22H18ClN3O4S/c1-13-5-3-4-6-17(13)30-12-26-10-9-16(25-26)21(27)24-14-7-8-15-18(11-14)31-20(19(15)23)22(28)29-2/h3-11H,12H2,1-2H3,(H,24,27). The molecular formula is C22H18ClN3O4S. The van der Waals surface area contributed by atoms with Crippen LogP contribution in [0.4, 0.5) is 5.69 Å². The molecule has 2 aromatic carbocycles. The maximum absolute atomic E-state index is 12.6. The monoisotopic (exact) mass is 455 g/mol. The number of anilines is 1. The number of methoxy groups -OCH3 is 1. The largest absolute Gasteiger partial charge is 0.471 e. The van der Waals surface area contributed by atoms with Gasteiger partial charge in [-0.25, -0.2) is 9.48 Å². The number of hydrogen-bond acceptors (Lipinski definition) is 6. The Balaban J connectivity index is 1.45. The number of fused-ring (bicyclic) bond motifs is 1. The number of carbonyl (C=O) groups is 2. The van der Waals surface area contributed by atoms with Crippen molar-refractivity contribution >= 4 is 50.6 Å². The molecule has 4 rings (SSSR count). The highest BCUT2D eigenvalue weighted by atomic mass is 35.5. The molecule has 0 saturated heterocycles. The van der Waals surface area contributed by atoms with E-state index in [0.717, 1.165) is 21.4 Å². The van der Waals surface area contributed by atoms with Crippen molar-refractivity contribution in [1.82, 2.24) is 9.78 Å². The van der Waals surface area contributed by atoms with Crippen LogP contribution < -0.4 is 10.1 Å². The van der Waals surface area contributed by atoms with Gasteiger partial charge in [0.2, 0.25) is 0 Å². The van der Waals surface area contributed by atoms with Gasteiger partial charge in [0.15, 0.2) is 12.4 Å². The fourth-order valence-electron chi connectivity index (χ4n) is 2.97. The minimum absolute atomic E-state index is 0.189. The molecule has 0 saturated carbocycles. The third-order valence-electron chi connectivity index (χ3n) is 4.58. The molecule has 158 valence electrons. The first-order valence-corrected chi connectivity index (χ1v) is 10.5. The Morgan fingerprint density at radius 3 is 2.77 bits per heavy atom. The summed E-state index contributed by atoms with van der Waals surface area (Å²) >= 11 is 7.48. The molecule has 2 heterocycles. The van der Waals surface area contributed by atoms with Gasteiger partial charge in [0.25, 0.3) is 5.91 Å². The van der Waals surface area contributed by atoms with Crippen LogP contribution in [0.25, 0.3) is 10.1 Å². The van der Waals surface area contributed by atoms with Crippen LogP contribution in [0.3, 0.4) is 0 Å². The number of aryl methyl sites for hydroxylation is 1. The Labute approximate surface area is 187 Å². The lowest BCUT2D eigenvalue weighted by Gasteiger charge is -2.08. The maximum atomic E-state index is 12.6. The van der Waals surface area contributed by atoms with Gasteiger partial charge in [0, 0.05) is 22.0 Å². The van der Waals surface area contributed by atoms with E-state index in [2.05, 4.69) is 10.4 Å². The molecule has 1 amide bonds. The second-order valence-electron chi connectivity index (χ2n) is 6.68. The van der Waals surface area contributed by atoms with Crippen molar-refractivity contribution in [3.8, 4) is 5.75 Å². The number of nitrogens with one attached hydrogen (secondary N) is 1. The average Bonchev–Trinajstić information content (AvgIpc) is 3.37. The summed E-state index contributed by atoms with van der Waals surface area (Å²) in [6.45, 7) is 2.15. The number of thiophene rings is 1. The highest BCUT2D eigenvalue weighted by Gasteiger charge is 2.18. The Hall–Kier alpha value is -3.36. The van der Waals surface area contributed by atoms with Gasteiger partial charge in [0.1, 0.15) is 10.6 Å². The van der Waals surface area contributed by atoms with E-state index in [9.17, 15) is 9.59 Å². The number of para-hydroxylation sites is 1. The van der Waals surface area contributed by atoms with Crippen molar-refractivity contribution in [3.05, 3.63) is 75.9 Å². The first-order valence-electron chi connectivity index (χ1n) is 9.30. The zero-order chi connectivity index (χ0) is 22.0. The first-order chi connectivity index (χ1) is 15.0. The number of esters is 1. The molecule has 0 bridgehead atoms. The summed E-state index contributed by atoms with van der Waals surface area (Å²) in [4.78, 5) is 24.8. The first kappa shape index (κ1) is 20.9. The topological polar surface area (TPSA) is 82.5 Å². The summed E-state index contributed by atoms with van der Waals surface area (Å²) in [5.41, 5.74) is 1.84. The van der Waals surface area contributed by atoms with Crippen LogP contribution in [0.5, 0.6) is 5.75 Å². The number of carbonyl (C=O) groups excluding carboxylic acids is 2. The van der Waals surface area contributed by atoms with Crippen molar-refractivity contribution in [1.29, 1.82) is 0 Å². The molecule has 0 radical (unpaired) electrons. The predicted octanol–water partition coefficient (Wildman–Crippen LogP) is 5.14. The van der Waals surface area contributed by atoms with Crippen LogP contribution >= 0.6 is 22.9 Å². The van der Waals surface area contributed by atoms with Gasteiger partial charge < -0.3 is 14.8 Å². The molecular weight excluding hydrogens is 438 g/mol. The number of rotatable bonds is 6. The molecule has 31 heavy (non-hydrogen) atoms. The van der Waals surface area contributed by atoms with Crippen LogP contribution in [-0.4, -0.2) is 28.8 Å². The van der Waals surface area contributed by atoms with E-state index in [-0.39, 0.29) is 18.3 Å². The van der Waals surface area contributed by atoms with Crippen LogP contribution in [0.1, 0.15) is 25.7 Å². The number of benzene rings is 2. The molecule has 0 fully saturated rings. The highest BCUT2D eigenvalue weighted by Crippen LogP contribution is 2.37. The van der Waals surface area contributed by atoms with Crippen molar-refractivity contribution in [2.45, 2.75) is 13.7 Å². The molecule has 0 aliphatic rings. The van der Waals surface area contributed by atoms with Gasteiger partial charge in [-0.2, -0.15) is 5.10 Å². The summed E-state index contributed by atoms with van der Waals surface area (Å²) in [6, 6.07) is 14.5. The third-order valence-corrected chi connectivity index (χ3v) is 6.21.